The molecule has 0 aromatic rings. The number of ether oxygens (including phenoxy) is 1. The van der Waals surface area contributed by atoms with E-state index in [4.69, 9.17) is 9.88 Å². The molecule has 0 amide bonds. The van der Waals surface area contributed by atoms with Gasteiger partial charge in [-0.1, -0.05) is 0 Å². The maximum Gasteiger partial charge on any atom is 0.277 e. The molecule has 0 aromatic heterocycles. The highest BCUT2D eigenvalue weighted by Gasteiger charge is 2.28. The zero-order valence-corrected chi connectivity index (χ0v) is 8.04. The topological polar surface area (TPSA) is 72.6 Å². The Morgan fingerprint density at radius 1 is 1.33 bits per heavy atom. The van der Waals surface area contributed by atoms with E-state index in [1.807, 2.05) is 13.8 Å². The number of nitrogens with zero attached hydrogens (tertiary/aromatic N) is 1. The summed E-state index contributed by atoms with van der Waals surface area (Å²) < 4.78 is 28.4. The highest BCUT2D eigenvalue weighted by molar-refractivity contribution is 7.86. The van der Waals surface area contributed by atoms with Crippen LogP contribution in [0, 0.1) is 0 Å². The average Bonchev–Trinajstić information content (AvgIpc) is 1.82. The lowest BCUT2D eigenvalue weighted by Gasteiger charge is -2.33. The van der Waals surface area contributed by atoms with Crippen molar-refractivity contribution >= 4 is 10.2 Å². The standard InChI is InChI=1S/C6H14N2O3S/c1-5-3-8(12(7,9)10)4-6(2)11-5/h5-6H,3-4H2,1-2H3,(H2,7,9,10)/t5-,6+. The summed E-state index contributed by atoms with van der Waals surface area (Å²) in [6.07, 6.45) is -0.154. The highest BCUT2D eigenvalue weighted by Crippen LogP contribution is 2.11. The summed E-state index contributed by atoms with van der Waals surface area (Å²) in [4.78, 5) is 0. The van der Waals surface area contributed by atoms with Gasteiger partial charge in [-0.3, -0.25) is 0 Å². The van der Waals surface area contributed by atoms with Crippen molar-refractivity contribution in [2.24, 2.45) is 5.14 Å². The van der Waals surface area contributed by atoms with Crippen LogP contribution in [-0.2, 0) is 14.9 Å². The zero-order chi connectivity index (χ0) is 9.35. The number of morpholine rings is 1. The van der Waals surface area contributed by atoms with E-state index in [0.29, 0.717) is 13.1 Å². The fourth-order valence-corrected chi connectivity index (χ4v) is 2.17. The van der Waals surface area contributed by atoms with Gasteiger partial charge in [-0.2, -0.15) is 12.7 Å². The first-order valence-electron chi connectivity index (χ1n) is 3.83. The molecule has 72 valence electrons. The van der Waals surface area contributed by atoms with Gasteiger partial charge in [0, 0.05) is 13.1 Å². The second kappa shape index (κ2) is 3.29. The van der Waals surface area contributed by atoms with Gasteiger partial charge >= 0.3 is 0 Å². The Morgan fingerprint density at radius 2 is 1.75 bits per heavy atom. The molecule has 0 spiro atoms. The fraction of sp³-hybridized carbons (Fsp3) is 1.00. The summed E-state index contributed by atoms with van der Waals surface area (Å²) in [5.41, 5.74) is 0. The Kier molecular flexibility index (Phi) is 2.72. The van der Waals surface area contributed by atoms with Gasteiger partial charge in [0.1, 0.15) is 0 Å². The van der Waals surface area contributed by atoms with Crippen molar-refractivity contribution in [1.82, 2.24) is 4.31 Å². The molecule has 0 aromatic carbocycles. The first kappa shape index (κ1) is 9.91. The van der Waals surface area contributed by atoms with Crippen LogP contribution in [0.3, 0.4) is 0 Å². The van der Waals surface area contributed by atoms with E-state index in [1.165, 1.54) is 4.31 Å². The summed E-state index contributed by atoms with van der Waals surface area (Å²) >= 11 is 0. The van der Waals surface area contributed by atoms with Crippen molar-refractivity contribution in [3.63, 3.8) is 0 Å². The molecule has 12 heavy (non-hydrogen) atoms. The third-order valence-corrected chi connectivity index (χ3v) is 2.76. The van der Waals surface area contributed by atoms with Crippen molar-refractivity contribution < 1.29 is 13.2 Å². The van der Waals surface area contributed by atoms with Crippen molar-refractivity contribution in [2.45, 2.75) is 26.1 Å². The van der Waals surface area contributed by atoms with Crippen molar-refractivity contribution in [3.05, 3.63) is 0 Å². The molecule has 0 saturated carbocycles. The fourth-order valence-electron chi connectivity index (χ4n) is 1.34. The van der Waals surface area contributed by atoms with Gasteiger partial charge in [-0.15, -0.1) is 0 Å². The van der Waals surface area contributed by atoms with Crippen LogP contribution < -0.4 is 5.14 Å². The molecule has 1 fully saturated rings. The lowest BCUT2D eigenvalue weighted by Crippen LogP contribution is -2.50. The Labute approximate surface area is 72.7 Å². The Hall–Kier alpha value is -0.170. The molecular formula is C6H14N2O3S. The van der Waals surface area contributed by atoms with Gasteiger partial charge < -0.3 is 4.74 Å². The summed E-state index contributed by atoms with van der Waals surface area (Å²) in [7, 11) is -3.54. The van der Waals surface area contributed by atoms with Crippen LogP contribution in [0.4, 0.5) is 0 Å². The molecule has 1 heterocycles. The maximum absolute atomic E-state index is 10.9. The van der Waals surface area contributed by atoms with E-state index in [-0.39, 0.29) is 12.2 Å². The van der Waals surface area contributed by atoms with Crippen LogP contribution >= 0.6 is 0 Å². The predicted octanol–water partition coefficient (Wildman–Crippen LogP) is -0.701. The van der Waals surface area contributed by atoms with E-state index in [1.54, 1.807) is 0 Å². The third-order valence-electron chi connectivity index (χ3n) is 1.75. The molecule has 2 atom stereocenters. The number of rotatable bonds is 1. The Morgan fingerprint density at radius 3 is 2.08 bits per heavy atom. The average molecular weight is 194 g/mol. The minimum atomic E-state index is -3.54. The van der Waals surface area contributed by atoms with Gasteiger partial charge in [-0.25, -0.2) is 5.14 Å². The summed E-state index contributed by atoms with van der Waals surface area (Å²) in [5, 5.41) is 4.98. The molecule has 6 heteroatoms. The van der Waals surface area contributed by atoms with Crippen LogP contribution in [0.5, 0.6) is 0 Å². The zero-order valence-electron chi connectivity index (χ0n) is 7.23. The number of hydrogen-bond donors (Lipinski definition) is 1. The molecule has 2 N–H and O–H groups in total. The highest BCUT2D eigenvalue weighted by atomic mass is 32.2. The van der Waals surface area contributed by atoms with Crippen LogP contribution in [0.2, 0.25) is 0 Å². The molecule has 1 aliphatic heterocycles. The SMILES string of the molecule is C[C@@H]1CN(S(N)(=O)=O)C[C@H](C)O1. The number of nitrogens with two attached hydrogens (primary N) is 1. The van der Waals surface area contributed by atoms with E-state index in [9.17, 15) is 8.42 Å². The first-order valence-corrected chi connectivity index (χ1v) is 5.33. The van der Waals surface area contributed by atoms with E-state index < -0.39 is 10.2 Å². The van der Waals surface area contributed by atoms with Crippen LogP contribution in [0.25, 0.3) is 0 Å². The maximum atomic E-state index is 10.9. The van der Waals surface area contributed by atoms with E-state index in [0.717, 1.165) is 0 Å². The Bertz CT molecular complexity index is 242. The molecule has 1 rings (SSSR count). The minimum absolute atomic E-state index is 0.0768. The quantitative estimate of drug-likeness (QED) is 0.600. The molecule has 5 nitrogen and oxygen atoms in total. The normalized spacial score (nSPS) is 33.6. The smallest absolute Gasteiger partial charge is 0.277 e. The largest absolute Gasteiger partial charge is 0.373 e. The van der Waals surface area contributed by atoms with Crippen LogP contribution in [0.15, 0.2) is 0 Å². The second-order valence-corrected chi connectivity index (χ2v) is 4.67. The molecule has 0 radical (unpaired) electrons. The summed E-state index contributed by atoms with van der Waals surface area (Å²) in [6, 6.07) is 0. The third kappa shape index (κ3) is 2.41. The molecule has 0 aliphatic carbocycles. The van der Waals surface area contributed by atoms with Gasteiger partial charge in [0.2, 0.25) is 0 Å². The molecular weight excluding hydrogens is 180 g/mol. The molecule has 0 unspecified atom stereocenters. The minimum Gasteiger partial charge on any atom is -0.373 e. The Balaban J connectivity index is 2.68. The molecule has 1 saturated heterocycles. The van der Waals surface area contributed by atoms with Crippen LogP contribution in [-0.4, -0.2) is 38.0 Å². The van der Waals surface area contributed by atoms with Gasteiger partial charge in [0.25, 0.3) is 10.2 Å². The van der Waals surface area contributed by atoms with E-state index >= 15 is 0 Å². The predicted molar refractivity (Wildman–Crippen MR) is 44.7 cm³/mol. The monoisotopic (exact) mass is 194 g/mol. The van der Waals surface area contributed by atoms with Gasteiger partial charge in [0.05, 0.1) is 12.2 Å². The summed E-state index contributed by atoms with van der Waals surface area (Å²) in [5.74, 6) is 0. The number of hydrogen-bond acceptors (Lipinski definition) is 3. The summed E-state index contributed by atoms with van der Waals surface area (Å²) in [6.45, 7) is 4.36. The van der Waals surface area contributed by atoms with Gasteiger partial charge in [-0.05, 0) is 13.8 Å². The second-order valence-electron chi connectivity index (χ2n) is 3.12. The molecule has 1 aliphatic rings. The van der Waals surface area contributed by atoms with Crippen molar-refractivity contribution in [3.8, 4) is 0 Å². The van der Waals surface area contributed by atoms with Crippen LogP contribution in [0.1, 0.15) is 13.8 Å². The first-order chi connectivity index (χ1) is 5.39. The van der Waals surface area contributed by atoms with Crippen molar-refractivity contribution in [2.75, 3.05) is 13.1 Å². The van der Waals surface area contributed by atoms with E-state index in [2.05, 4.69) is 0 Å². The lowest BCUT2D eigenvalue weighted by molar-refractivity contribution is -0.0440. The lowest BCUT2D eigenvalue weighted by atomic mass is 10.3. The molecule has 0 bridgehead atoms. The van der Waals surface area contributed by atoms with Crippen molar-refractivity contribution in [1.29, 1.82) is 0 Å². The van der Waals surface area contributed by atoms with Gasteiger partial charge in [0.15, 0.2) is 0 Å².